The van der Waals surface area contributed by atoms with Gasteiger partial charge < -0.3 is 49.3 Å². The van der Waals surface area contributed by atoms with Crippen LogP contribution in [0.5, 0.6) is 11.5 Å². The number of benzene rings is 1. The van der Waals surface area contributed by atoms with E-state index >= 15 is 0 Å². The van der Waals surface area contributed by atoms with Crippen molar-refractivity contribution in [2.45, 2.75) is 106 Å². The van der Waals surface area contributed by atoms with Gasteiger partial charge in [0.2, 0.25) is 11.8 Å². The first-order valence-electron chi connectivity index (χ1n) is 18.9. The summed E-state index contributed by atoms with van der Waals surface area (Å²) < 4.78 is 39.2. The molecule has 1 unspecified atom stereocenters. The lowest BCUT2D eigenvalue weighted by molar-refractivity contribution is -0.170. The van der Waals surface area contributed by atoms with Crippen LogP contribution in [0, 0.1) is 29.1 Å². The third kappa shape index (κ3) is 14.2. The maximum atomic E-state index is 13.6. The van der Waals surface area contributed by atoms with Crippen molar-refractivity contribution in [3.8, 4) is 11.5 Å². The maximum Gasteiger partial charge on any atom is 0.409 e. The highest BCUT2D eigenvalue weighted by molar-refractivity contribution is 5.83. The average molecular weight is 768 g/mol. The van der Waals surface area contributed by atoms with Crippen molar-refractivity contribution in [1.82, 2.24) is 10.2 Å². The topological polar surface area (TPSA) is 194 Å². The zero-order valence-corrected chi connectivity index (χ0v) is 33.9. The van der Waals surface area contributed by atoms with Crippen molar-refractivity contribution in [1.29, 1.82) is 0 Å². The first-order valence-corrected chi connectivity index (χ1v) is 18.9. The molecular weight excluding hydrogens is 702 g/mol. The number of nitrogens with two attached hydrogens (primary N) is 1. The SMILES string of the molecule is CCOCO[C@@H](C)C(=O)OCC1O[C@@H](C[C@H](C(=O)NCC(C)(C)C(N)=O)C(C)C)[C@H](C[C@@H](Cc2ccc(OC)c(OCCCOC)c2)C(C)C)N1C(=O)O. The maximum absolute atomic E-state index is 13.6. The van der Waals surface area contributed by atoms with Gasteiger partial charge in [0.25, 0.3) is 0 Å². The molecule has 1 aliphatic rings. The molecule has 4 N–H and O–H groups in total. The van der Waals surface area contributed by atoms with E-state index in [0.29, 0.717) is 50.6 Å². The van der Waals surface area contributed by atoms with E-state index in [1.165, 1.54) is 11.8 Å². The van der Waals surface area contributed by atoms with E-state index in [4.69, 9.17) is 38.9 Å². The highest BCUT2D eigenvalue weighted by Gasteiger charge is 2.48. The fourth-order valence-electron chi connectivity index (χ4n) is 6.19. The molecule has 2 rings (SSSR count). The quantitative estimate of drug-likeness (QED) is 0.0711. The van der Waals surface area contributed by atoms with Gasteiger partial charge >= 0.3 is 12.1 Å². The standard InChI is InChI=1S/C39H65N3O12/c1-11-50-23-53-26(6)36(44)52-21-34-42(38(46)47)30(32(54-34)20-29(25(4)5)35(43)41-22-39(7,8)37(40)45)19-28(24(2)3)17-27-13-14-31(49-10)33(18-27)51-16-12-15-48-9/h13-14,18,24-26,28-30,32,34H,11-12,15-17,19-23H2,1-10H3,(H2,40,45)(H,41,43)(H,46,47)/t26-,28+,29-,30-,32-,34?/m0/s1. The lowest BCUT2D eigenvalue weighted by Gasteiger charge is -2.33. The Bertz CT molecular complexity index is 1340. The molecule has 15 heteroatoms. The molecule has 1 aliphatic heterocycles. The number of amides is 3. The Morgan fingerprint density at radius 1 is 1.02 bits per heavy atom. The Kier molecular flexibility index (Phi) is 19.5. The average Bonchev–Trinajstić information content (AvgIpc) is 3.46. The first-order chi connectivity index (χ1) is 25.5. The largest absolute Gasteiger partial charge is 0.493 e. The van der Waals surface area contributed by atoms with Crippen LogP contribution < -0.4 is 20.5 Å². The second kappa shape index (κ2) is 22.7. The predicted octanol–water partition coefficient (Wildman–Crippen LogP) is 4.62. The third-order valence-corrected chi connectivity index (χ3v) is 9.92. The number of rotatable bonds is 25. The fourth-order valence-corrected chi connectivity index (χ4v) is 6.19. The summed E-state index contributed by atoms with van der Waals surface area (Å²) in [6, 6.07) is 5.09. The van der Waals surface area contributed by atoms with E-state index in [1.54, 1.807) is 35.0 Å². The molecule has 1 heterocycles. The highest BCUT2D eigenvalue weighted by atomic mass is 16.7. The molecule has 15 nitrogen and oxygen atoms in total. The van der Waals surface area contributed by atoms with Gasteiger partial charge in [-0.1, -0.05) is 33.8 Å². The van der Waals surface area contributed by atoms with E-state index in [0.717, 1.165) is 5.56 Å². The Morgan fingerprint density at radius 2 is 1.72 bits per heavy atom. The van der Waals surface area contributed by atoms with Gasteiger partial charge in [-0.15, -0.1) is 0 Å². The minimum absolute atomic E-state index is 0.0336. The Hall–Kier alpha value is -3.66. The minimum Gasteiger partial charge on any atom is -0.493 e. The van der Waals surface area contributed by atoms with E-state index in [9.17, 15) is 24.3 Å². The predicted molar refractivity (Wildman–Crippen MR) is 201 cm³/mol. The smallest absolute Gasteiger partial charge is 0.409 e. The van der Waals surface area contributed by atoms with Crippen LogP contribution in [-0.4, -0.2) is 112 Å². The molecule has 1 aromatic carbocycles. The summed E-state index contributed by atoms with van der Waals surface area (Å²) in [7, 11) is 3.22. The summed E-state index contributed by atoms with van der Waals surface area (Å²) >= 11 is 0. The number of hydrogen-bond acceptors (Lipinski definition) is 11. The van der Waals surface area contributed by atoms with Gasteiger partial charge in [-0.05, 0) is 82.4 Å². The molecule has 54 heavy (non-hydrogen) atoms. The third-order valence-electron chi connectivity index (χ3n) is 9.92. The number of hydrogen-bond donors (Lipinski definition) is 3. The number of methoxy groups -OCH3 is 2. The van der Waals surface area contributed by atoms with E-state index in [2.05, 4.69) is 19.2 Å². The number of primary amides is 1. The number of carboxylic acid groups (broad SMARTS) is 1. The number of nitrogens with one attached hydrogen (secondary N) is 1. The second-order valence-corrected chi connectivity index (χ2v) is 15.1. The molecule has 308 valence electrons. The van der Waals surface area contributed by atoms with Gasteiger partial charge in [-0.3, -0.25) is 14.5 Å². The number of carbonyl (C=O) groups is 4. The molecule has 0 aromatic heterocycles. The van der Waals surface area contributed by atoms with Crippen LogP contribution in [-0.2, 0) is 44.5 Å². The molecule has 0 radical (unpaired) electrons. The van der Waals surface area contributed by atoms with Crippen molar-refractivity contribution in [2.75, 3.05) is 54.0 Å². The Morgan fingerprint density at radius 3 is 2.30 bits per heavy atom. The molecule has 1 saturated heterocycles. The van der Waals surface area contributed by atoms with Gasteiger partial charge in [0.15, 0.2) is 23.8 Å². The first kappa shape index (κ1) is 46.5. The van der Waals surface area contributed by atoms with Crippen molar-refractivity contribution in [3.63, 3.8) is 0 Å². The number of esters is 1. The summed E-state index contributed by atoms with van der Waals surface area (Å²) in [5.41, 5.74) is 5.56. The van der Waals surface area contributed by atoms with Gasteiger partial charge in [-0.25, -0.2) is 9.59 Å². The summed E-state index contributed by atoms with van der Waals surface area (Å²) in [6.45, 7) is 15.6. The highest BCUT2D eigenvalue weighted by Crippen LogP contribution is 2.37. The Balaban J connectivity index is 2.44. The van der Waals surface area contributed by atoms with Crippen LogP contribution in [0.3, 0.4) is 0 Å². The molecule has 1 fully saturated rings. The Labute approximate surface area is 320 Å². The van der Waals surface area contributed by atoms with E-state index in [-0.39, 0.29) is 50.0 Å². The van der Waals surface area contributed by atoms with E-state index in [1.807, 2.05) is 32.0 Å². The van der Waals surface area contributed by atoms with Crippen LogP contribution >= 0.6 is 0 Å². The molecule has 1 aromatic rings. The summed E-state index contributed by atoms with van der Waals surface area (Å²) in [6.07, 6.45) is -2.18. The zero-order valence-electron chi connectivity index (χ0n) is 33.9. The van der Waals surface area contributed by atoms with Crippen LogP contribution in [0.15, 0.2) is 18.2 Å². The van der Waals surface area contributed by atoms with Crippen LogP contribution in [0.25, 0.3) is 0 Å². The number of carbonyl (C=O) groups excluding carboxylic acids is 3. The summed E-state index contributed by atoms with van der Waals surface area (Å²) in [4.78, 5) is 52.6. The minimum atomic E-state index is -1.24. The molecule has 6 atom stereocenters. The lowest BCUT2D eigenvalue weighted by atomic mass is 9.80. The van der Waals surface area contributed by atoms with Gasteiger partial charge in [-0.2, -0.15) is 0 Å². The van der Waals surface area contributed by atoms with Crippen LogP contribution in [0.2, 0.25) is 0 Å². The van der Waals surface area contributed by atoms with Crippen LogP contribution in [0.4, 0.5) is 4.79 Å². The summed E-state index contributed by atoms with van der Waals surface area (Å²) in [5.74, 6) is -0.996. The zero-order chi connectivity index (χ0) is 40.6. The van der Waals surface area contributed by atoms with Crippen molar-refractivity contribution in [2.24, 2.45) is 34.8 Å². The normalized spacial score (nSPS) is 19.0. The second-order valence-electron chi connectivity index (χ2n) is 15.1. The monoisotopic (exact) mass is 767 g/mol. The van der Waals surface area contributed by atoms with Crippen molar-refractivity contribution in [3.05, 3.63) is 23.8 Å². The molecule has 0 saturated carbocycles. The molecule has 3 amide bonds. The lowest BCUT2D eigenvalue weighted by Crippen LogP contribution is -2.47. The van der Waals surface area contributed by atoms with Gasteiger partial charge in [0, 0.05) is 39.2 Å². The van der Waals surface area contributed by atoms with E-state index < -0.39 is 53.8 Å². The molecule has 0 bridgehead atoms. The van der Waals surface area contributed by atoms with Crippen LogP contribution in [0.1, 0.15) is 80.2 Å². The fraction of sp³-hybridized carbons (Fsp3) is 0.744. The van der Waals surface area contributed by atoms with Crippen molar-refractivity contribution < 1.29 is 57.4 Å². The van der Waals surface area contributed by atoms with Gasteiger partial charge in [0.05, 0.1) is 31.3 Å². The molecular formula is C39H65N3O12. The number of ether oxygens (including phenoxy) is 7. The molecule has 0 aliphatic carbocycles. The van der Waals surface area contributed by atoms with Crippen molar-refractivity contribution >= 4 is 23.9 Å². The summed E-state index contributed by atoms with van der Waals surface area (Å²) in [5, 5.41) is 13.5. The number of nitrogens with zero attached hydrogens (tertiary/aromatic N) is 1. The van der Waals surface area contributed by atoms with Gasteiger partial charge in [0.1, 0.15) is 13.4 Å². The molecule has 0 spiro atoms.